The second-order valence-corrected chi connectivity index (χ2v) is 7.63. The molecule has 2 heterocycles. The van der Waals surface area contributed by atoms with Crippen molar-refractivity contribution in [2.24, 2.45) is 4.99 Å². The number of carbonyl (C=O) groups excluding carboxylic acids is 2. The molecule has 0 spiro atoms. The van der Waals surface area contributed by atoms with E-state index in [0.29, 0.717) is 22.0 Å². The average molecular weight is 473 g/mol. The van der Waals surface area contributed by atoms with Crippen molar-refractivity contribution in [2.45, 2.75) is 12.6 Å². The van der Waals surface area contributed by atoms with Crippen LogP contribution in [0, 0.1) is 0 Å². The Labute approximate surface area is 191 Å². The number of halogens is 4. The lowest BCUT2D eigenvalue weighted by Crippen LogP contribution is -2.39. The van der Waals surface area contributed by atoms with Gasteiger partial charge >= 0.3 is 6.18 Å². The van der Waals surface area contributed by atoms with Crippen molar-refractivity contribution < 1.29 is 22.8 Å². The van der Waals surface area contributed by atoms with Crippen molar-refractivity contribution in [1.82, 2.24) is 4.98 Å². The normalized spacial score (nSPS) is 13.8. The van der Waals surface area contributed by atoms with Crippen LogP contribution >= 0.6 is 11.6 Å². The molecule has 0 fully saturated rings. The molecular weight excluding hydrogens is 457 g/mol. The highest BCUT2D eigenvalue weighted by atomic mass is 35.5. The number of nitrogens with zero attached hydrogens (tertiary/aromatic N) is 3. The number of amides is 2. The molecule has 1 N–H and O–H groups in total. The van der Waals surface area contributed by atoms with E-state index in [1.54, 1.807) is 36.4 Å². The van der Waals surface area contributed by atoms with Crippen LogP contribution in [0.3, 0.4) is 0 Å². The number of alkyl halides is 3. The van der Waals surface area contributed by atoms with Gasteiger partial charge in [0, 0.05) is 16.9 Å². The lowest BCUT2D eigenvalue weighted by molar-refractivity contribution is -0.137. The van der Waals surface area contributed by atoms with E-state index in [9.17, 15) is 22.8 Å². The highest BCUT2D eigenvalue weighted by Crippen LogP contribution is 2.32. The zero-order chi connectivity index (χ0) is 23.6. The van der Waals surface area contributed by atoms with Crippen LogP contribution in [0.15, 0.2) is 71.9 Å². The fraction of sp³-hybridized carbons (Fsp3) is 0.130. The summed E-state index contributed by atoms with van der Waals surface area (Å²) in [4.78, 5) is 35.6. The number of aromatic nitrogens is 1. The first-order chi connectivity index (χ1) is 15.7. The maximum absolute atomic E-state index is 13.1. The molecule has 2 aromatic carbocycles. The maximum Gasteiger partial charge on any atom is 0.416 e. The molecule has 33 heavy (non-hydrogen) atoms. The Balaban J connectivity index is 1.58. The number of aliphatic imine (C=N–C) groups is 1. The van der Waals surface area contributed by atoms with Gasteiger partial charge in [-0.1, -0.05) is 29.8 Å². The lowest BCUT2D eigenvalue weighted by Gasteiger charge is -2.20. The second-order valence-electron chi connectivity index (χ2n) is 7.20. The third-order valence-corrected chi connectivity index (χ3v) is 5.07. The predicted molar refractivity (Wildman–Crippen MR) is 119 cm³/mol. The van der Waals surface area contributed by atoms with Crippen molar-refractivity contribution in [3.05, 3.63) is 83.0 Å². The van der Waals surface area contributed by atoms with Gasteiger partial charge in [0.05, 0.1) is 17.7 Å². The van der Waals surface area contributed by atoms with Crippen molar-refractivity contribution in [3.8, 4) is 0 Å². The summed E-state index contributed by atoms with van der Waals surface area (Å²) in [7, 11) is 0. The molecule has 0 saturated carbocycles. The van der Waals surface area contributed by atoms with Gasteiger partial charge in [-0.05, 0) is 48.0 Å². The molecule has 6 nitrogen and oxygen atoms in total. The molecule has 0 radical (unpaired) electrons. The lowest BCUT2D eigenvalue weighted by atomic mass is 10.1. The maximum atomic E-state index is 13.1. The number of hydrogen-bond donors (Lipinski definition) is 1. The van der Waals surface area contributed by atoms with Crippen LogP contribution in [0.2, 0.25) is 5.02 Å². The Morgan fingerprint density at radius 3 is 2.64 bits per heavy atom. The predicted octanol–water partition coefficient (Wildman–Crippen LogP) is 5.25. The summed E-state index contributed by atoms with van der Waals surface area (Å²) in [6, 6.07) is 14.4. The SMILES string of the molecule is O=C(CN1C(=O)CC(c2cccc(Cl)c2)=Nc2cccnc21)Nc1cccc(C(F)(F)F)c1. The largest absolute Gasteiger partial charge is 0.416 e. The number of benzene rings is 2. The molecule has 0 unspecified atom stereocenters. The van der Waals surface area contributed by atoms with Gasteiger partial charge in [-0.3, -0.25) is 14.5 Å². The van der Waals surface area contributed by atoms with Crippen LogP contribution in [0.5, 0.6) is 0 Å². The average Bonchev–Trinajstić information content (AvgIpc) is 2.90. The van der Waals surface area contributed by atoms with Gasteiger partial charge in [0.2, 0.25) is 11.8 Å². The monoisotopic (exact) mass is 472 g/mol. The third-order valence-electron chi connectivity index (χ3n) is 4.83. The van der Waals surface area contributed by atoms with Gasteiger partial charge in [0.1, 0.15) is 12.2 Å². The van der Waals surface area contributed by atoms with Crippen LogP contribution in [0.4, 0.5) is 30.4 Å². The smallest absolute Gasteiger partial charge is 0.325 e. The number of hydrogen-bond acceptors (Lipinski definition) is 4. The van der Waals surface area contributed by atoms with Crippen LogP contribution in [0.25, 0.3) is 0 Å². The minimum atomic E-state index is -4.54. The molecule has 0 bridgehead atoms. The van der Waals surface area contributed by atoms with Crippen molar-refractivity contribution in [3.63, 3.8) is 0 Å². The topological polar surface area (TPSA) is 74.7 Å². The molecule has 2 amide bonds. The summed E-state index contributed by atoms with van der Waals surface area (Å²) in [6.45, 7) is -0.447. The van der Waals surface area contributed by atoms with E-state index in [1.807, 2.05) is 0 Å². The minimum Gasteiger partial charge on any atom is -0.325 e. The number of carbonyl (C=O) groups is 2. The minimum absolute atomic E-state index is 0.0331. The first-order valence-corrected chi connectivity index (χ1v) is 10.1. The molecule has 0 saturated heterocycles. The number of rotatable bonds is 4. The fourth-order valence-electron chi connectivity index (χ4n) is 3.34. The van der Waals surface area contributed by atoms with E-state index >= 15 is 0 Å². The Kier molecular flexibility index (Phi) is 6.15. The zero-order valence-electron chi connectivity index (χ0n) is 16.9. The summed E-state index contributed by atoms with van der Waals surface area (Å²) in [5.74, 6) is -0.936. The van der Waals surface area contributed by atoms with E-state index in [2.05, 4.69) is 15.3 Å². The van der Waals surface area contributed by atoms with Crippen LogP contribution < -0.4 is 10.2 Å². The van der Waals surface area contributed by atoms with Crippen LogP contribution in [0.1, 0.15) is 17.5 Å². The highest BCUT2D eigenvalue weighted by molar-refractivity contribution is 6.31. The number of anilines is 2. The molecule has 10 heteroatoms. The molecule has 0 aliphatic carbocycles. The van der Waals surface area contributed by atoms with Crippen LogP contribution in [-0.2, 0) is 15.8 Å². The van der Waals surface area contributed by atoms with E-state index < -0.39 is 30.1 Å². The molecule has 3 aromatic rings. The van der Waals surface area contributed by atoms with Gasteiger partial charge in [0.25, 0.3) is 0 Å². The van der Waals surface area contributed by atoms with E-state index in [-0.39, 0.29) is 17.9 Å². The Morgan fingerprint density at radius 1 is 1.09 bits per heavy atom. The summed E-state index contributed by atoms with van der Waals surface area (Å²) >= 11 is 6.07. The standard InChI is InChI=1S/C23H16ClF3N4O2/c24-16-6-1-4-14(10-16)19-12-21(33)31(22-18(30-19)8-3-9-28-22)13-20(32)29-17-7-2-5-15(11-17)23(25,26)27/h1-11H,12-13H2,(H,29,32). The van der Waals surface area contributed by atoms with Crippen molar-refractivity contribution in [1.29, 1.82) is 0 Å². The molecule has 1 aliphatic heterocycles. The number of nitrogens with one attached hydrogen (secondary N) is 1. The van der Waals surface area contributed by atoms with Gasteiger partial charge in [0.15, 0.2) is 5.82 Å². The Morgan fingerprint density at radius 2 is 1.88 bits per heavy atom. The molecule has 0 atom stereocenters. The summed E-state index contributed by atoms with van der Waals surface area (Å²) < 4.78 is 38.8. The fourth-order valence-corrected chi connectivity index (χ4v) is 3.53. The molecule has 168 valence electrons. The third kappa shape index (κ3) is 5.20. The first kappa shape index (κ1) is 22.5. The van der Waals surface area contributed by atoms with Crippen LogP contribution in [-0.4, -0.2) is 29.1 Å². The Hall–Kier alpha value is -3.72. The second kappa shape index (κ2) is 9.03. The summed E-state index contributed by atoms with van der Waals surface area (Å²) in [5, 5.41) is 2.89. The van der Waals surface area contributed by atoms with E-state index in [1.165, 1.54) is 23.2 Å². The first-order valence-electron chi connectivity index (χ1n) is 9.77. The van der Waals surface area contributed by atoms with Gasteiger partial charge in [-0.25, -0.2) is 9.98 Å². The number of pyridine rings is 1. The quantitative estimate of drug-likeness (QED) is 0.563. The van der Waals surface area contributed by atoms with Crippen molar-refractivity contribution in [2.75, 3.05) is 16.8 Å². The molecule has 1 aromatic heterocycles. The van der Waals surface area contributed by atoms with Gasteiger partial charge < -0.3 is 5.32 Å². The van der Waals surface area contributed by atoms with Gasteiger partial charge in [-0.15, -0.1) is 0 Å². The molecule has 4 rings (SSSR count). The van der Waals surface area contributed by atoms with Crippen molar-refractivity contribution >= 4 is 46.3 Å². The van der Waals surface area contributed by atoms with E-state index in [0.717, 1.165) is 12.1 Å². The summed E-state index contributed by atoms with van der Waals surface area (Å²) in [5.41, 5.74) is 0.565. The molecule has 1 aliphatic rings. The van der Waals surface area contributed by atoms with E-state index in [4.69, 9.17) is 11.6 Å². The van der Waals surface area contributed by atoms with Gasteiger partial charge in [-0.2, -0.15) is 13.2 Å². The summed E-state index contributed by atoms with van der Waals surface area (Å²) in [6.07, 6.45) is -3.20. The Bertz CT molecular complexity index is 1260. The molecular formula is C23H16ClF3N4O2. The number of fused-ring (bicyclic) bond motifs is 1. The highest BCUT2D eigenvalue weighted by Gasteiger charge is 2.31. The zero-order valence-corrected chi connectivity index (χ0v) is 17.7.